The Bertz CT molecular complexity index is 316. The lowest BCUT2D eigenvalue weighted by atomic mass is 10.1. The van der Waals surface area contributed by atoms with Gasteiger partial charge >= 0.3 is 5.97 Å². The summed E-state index contributed by atoms with van der Waals surface area (Å²) in [4.78, 5) is 10.2. The van der Waals surface area contributed by atoms with E-state index >= 15 is 0 Å². The molecule has 0 bridgehead atoms. The highest BCUT2D eigenvalue weighted by molar-refractivity contribution is 5.66. The van der Waals surface area contributed by atoms with Crippen molar-refractivity contribution in [2.75, 3.05) is 0 Å². The number of aliphatic hydroxyl groups is 1. The van der Waals surface area contributed by atoms with Gasteiger partial charge in [-0.05, 0) is 18.4 Å². The lowest BCUT2D eigenvalue weighted by Crippen LogP contribution is -1.95. The topological polar surface area (TPSA) is 81.3 Å². The van der Waals surface area contributed by atoms with Crippen molar-refractivity contribution in [3.63, 3.8) is 0 Å². The van der Waals surface area contributed by atoms with Crippen LogP contribution >= 0.6 is 0 Å². The van der Waals surface area contributed by atoms with Gasteiger partial charge in [-0.1, -0.05) is 30.3 Å². The number of nitrogens with zero attached hydrogens (tertiary/aromatic N) is 1. The average Bonchev–Trinajstić information content (AvgIpc) is 2.20. The Kier molecular flexibility index (Phi) is 7.42. The van der Waals surface area contributed by atoms with Crippen molar-refractivity contribution in [2.45, 2.75) is 19.3 Å². The van der Waals surface area contributed by atoms with Crippen LogP contribution in [0, 0.1) is 11.5 Å². The second-order valence-electron chi connectivity index (χ2n) is 2.83. The molecule has 0 heterocycles. The first-order chi connectivity index (χ1) is 7.20. The maximum atomic E-state index is 10.2. The highest BCUT2D eigenvalue weighted by Gasteiger charge is 1.96. The Morgan fingerprint density at radius 1 is 1.33 bits per heavy atom. The number of carboxylic acid groups (broad SMARTS) is 1. The summed E-state index contributed by atoms with van der Waals surface area (Å²) in [6.45, 7) is 0. The highest BCUT2D eigenvalue weighted by atomic mass is 16.4. The van der Waals surface area contributed by atoms with Crippen LogP contribution < -0.4 is 0 Å². The summed E-state index contributed by atoms with van der Waals surface area (Å²) in [6, 6.07) is 9.93. The number of nitriles is 1. The van der Waals surface area contributed by atoms with E-state index in [9.17, 15) is 4.79 Å². The van der Waals surface area contributed by atoms with E-state index in [1.807, 2.05) is 30.3 Å². The van der Waals surface area contributed by atoms with Gasteiger partial charge in [0, 0.05) is 6.42 Å². The molecule has 0 unspecified atom stereocenters. The molecule has 0 radical (unpaired) electrons. The first kappa shape index (κ1) is 13.0. The molecule has 1 aromatic carbocycles. The Morgan fingerprint density at radius 2 is 1.87 bits per heavy atom. The van der Waals surface area contributed by atoms with Crippen molar-refractivity contribution in [1.82, 2.24) is 0 Å². The van der Waals surface area contributed by atoms with Crippen molar-refractivity contribution in [3.05, 3.63) is 35.9 Å². The summed E-state index contributed by atoms with van der Waals surface area (Å²) in [5.74, 6) is -0.717. The molecular formula is C11H13NO3. The summed E-state index contributed by atoms with van der Waals surface area (Å²) in [7, 11) is 0. The third-order valence-corrected chi connectivity index (χ3v) is 1.70. The van der Waals surface area contributed by atoms with Crippen molar-refractivity contribution in [1.29, 1.82) is 5.26 Å². The number of aryl methyl sites for hydroxylation is 1. The van der Waals surface area contributed by atoms with Gasteiger partial charge < -0.3 is 10.2 Å². The van der Waals surface area contributed by atoms with Crippen LogP contribution in [0.3, 0.4) is 0 Å². The minimum atomic E-state index is -0.717. The minimum Gasteiger partial charge on any atom is -0.481 e. The van der Waals surface area contributed by atoms with Gasteiger partial charge in [0.1, 0.15) is 0 Å². The number of benzene rings is 1. The van der Waals surface area contributed by atoms with Crippen LogP contribution in [0.5, 0.6) is 0 Å². The van der Waals surface area contributed by atoms with E-state index in [0.29, 0.717) is 0 Å². The molecule has 0 saturated heterocycles. The van der Waals surface area contributed by atoms with Crippen LogP contribution in [-0.4, -0.2) is 16.2 Å². The van der Waals surface area contributed by atoms with Crippen LogP contribution in [0.25, 0.3) is 0 Å². The monoisotopic (exact) mass is 207 g/mol. The molecule has 0 atom stereocenters. The van der Waals surface area contributed by atoms with Gasteiger partial charge in [-0.3, -0.25) is 4.79 Å². The zero-order chi connectivity index (χ0) is 11.5. The van der Waals surface area contributed by atoms with E-state index in [1.165, 1.54) is 5.56 Å². The third-order valence-electron chi connectivity index (χ3n) is 1.70. The largest absolute Gasteiger partial charge is 0.481 e. The van der Waals surface area contributed by atoms with Crippen LogP contribution in [0.2, 0.25) is 0 Å². The molecule has 0 saturated carbocycles. The molecule has 1 rings (SSSR count). The average molecular weight is 207 g/mol. The van der Waals surface area contributed by atoms with Gasteiger partial charge in [-0.25, -0.2) is 0 Å². The zero-order valence-corrected chi connectivity index (χ0v) is 8.26. The molecule has 0 aliphatic carbocycles. The fourth-order valence-electron chi connectivity index (χ4n) is 1.09. The van der Waals surface area contributed by atoms with Gasteiger partial charge in [0.2, 0.25) is 0 Å². The van der Waals surface area contributed by atoms with E-state index in [-0.39, 0.29) is 6.42 Å². The summed E-state index contributed by atoms with van der Waals surface area (Å²) in [5.41, 5.74) is 1.21. The molecule has 1 aromatic rings. The van der Waals surface area contributed by atoms with Crippen molar-refractivity contribution < 1.29 is 15.0 Å². The van der Waals surface area contributed by atoms with E-state index < -0.39 is 5.97 Å². The SMILES string of the molecule is N#CO.O=C(O)CCCc1ccccc1. The molecule has 0 amide bonds. The van der Waals surface area contributed by atoms with Crippen LogP contribution in [0.1, 0.15) is 18.4 Å². The molecule has 0 aliphatic rings. The molecule has 4 heteroatoms. The van der Waals surface area contributed by atoms with Crippen molar-refractivity contribution in [3.8, 4) is 6.26 Å². The Balaban J connectivity index is 0.000000583. The summed E-state index contributed by atoms with van der Waals surface area (Å²) >= 11 is 0. The highest BCUT2D eigenvalue weighted by Crippen LogP contribution is 2.03. The number of rotatable bonds is 4. The predicted octanol–water partition coefficient (Wildman–Crippen LogP) is 1.93. The number of hydrogen-bond donors (Lipinski definition) is 2. The molecule has 0 fully saturated rings. The minimum absolute atomic E-state index is 0.259. The Labute approximate surface area is 88.4 Å². The molecule has 2 N–H and O–H groups in total. The molecule has 0 aliphatic heterocycles. The number of aliphatic carboxylic acids is 1. The summed E-state index contributed by atoms with van der Waals surface area (Å²) in [5, 5.41) is 22.1. The quantitative estimate of drug-likeness (QED) is 0.739. The van der Waals surface area contributed by atoms with Gasteiger partial charge in [0.25, 0.3) is 6.26 Å². The Morgan fingerprint density at radius 3 is 2.33 bits per heavy atom. The number of carboxylic acids is 1. The first-order valence-corrected chi connectivity index (χ1v) is 4.49. The van der Waals surface area contributed by atoms with Gasteiger partial charge in [-0.2, -0.15) is 5.26 Å². The molecular weight excluding hydrogens is 194 g/mol. The summed E-state index contributed by atoms with van der Waals surface area (Å²) < 4.78 is 0. The van der Waals surface area contributed by atoms with Crippen molar-refractivity contribution >= 4 is 5.97 Å². The zero-order valence-electron chi connectivity index (χ0n) is 8.26. The summed E-state index contributed by atoms with van der Waals surface area (Å²) in [6.07, 6.45) is 2.58. The van der Waals surface area contributed by atoms with Gasteiger partial charge in [0.15, 0.2) is 0 Å². The fourth-order valence-corrected chi connectivity index (χ4v) is 1.09. The smallest absolute Gasteiger partial charge is 0.303 e. The number of hydrogen-bond acceptors (Lipinski definition) is 3. The third kappa shape index (κ3) is 8.31. The molecule has 0 aromatic heterocycles. The normalized spacial score (nSPS) is 8.20. The molecule has 15 heavy (non-hydrogen) atoms. The maximum Gasteiger partial charge on any atom is 0.303 e. The number of carbonyl (C=O) groups is 1. The number of aliphatic hydroxyl groups excluding tert-OH is 1. The van der Waals surface area contributed by atoms with Crippen LogP contribution in [0.15, 0.2) is 30.3 Å². The molecule has 4 nitrogen and oxygen atoms in total. The van der Waals surface area contributed by atoms with Gasteiger partial charge in [-0.15, -0.1) is 0 Å². The van der Waals surface area contributed by atoms with Gasteiger partial charge in [0.05, 0.1) is 0 Å². The van der Waals surface area contributed by atoms with E-state index in [0.717, 1.165) is 19.1 Å². The van der Waals surface area contributed by atoms with Crippen LogP contribution in [-0.2, 0) is 11.2 Å². The van der Waals surface area contributed by atoms with E-state index in [1.54, 1.807) is 0 Å². The van der Waals surface area contributed by atoms with Crippen LogP contribution in [0.4, 0.5) is 0 Å². The lowest BCUT2D eigenvalue weighted by molar-refractivity contribution is -0.137. The second-order valence-corrected chi connectivity index (χ2v) is 2.83. The molecule has 0 spiro atoms. The standard InChI is InChI=1S/C10H12O2.CHNO/c11-10(12)8-4-7-9-5-2-1-3-6-9;2-1-3/h1-3,5-6H,4,7-8H2,(H,11,12);3H. The second kappa shape index (κ2) is 8.57. The fraction of sp³-hybridized carbons (Fsp3) is 0.273. The molecule has 80 valence electrons. The lowest BCUT2D eigenvalue weighted by Gasteiger charge is -1.97. The first-order valence-electron chi connectivity index (χ1n) is 4.49. The van der Waals surface area contributed by atoms with Crippen molar-refractivity contribution in [2.24, 2.45) is 0 Å². The van der Waals surface area contributed by atoms with E-state index in [4.69, 9.17) is 15.5 Å². The van der Waals surface area contributed by atoms with E-state index in [2.05, 4.69) is 0 Å². The maximum absolute atomic E-state index is 10.2. The Hall–Kier alpha value is -2.02. The predicted molar refractivity (Wildman–Crippen MR) is 54.6 cm³/mol.